The van der Waals surface area contributed by atoms with Crippen molar-refractivity contribution in [3.8, 4) is 0 Å². The minimum atomic E-state index is -0.227. The Morgan fingerprint density at radius 3 is 2.08 bits per heavy atom. The van der Waals surface area contributed by atoms with Gasteiger partial charge in [-0.05, 0) is 85.2 Å². The number of unbranched alkanes of at least 4 members (excludes halogenated alkanes) is 10. The normalized spacial score (nSPS) is 18.0. The Balaban J connectivity index is 1.37. The second-order valence-electron chi connectivity index (χ2n) is 11.9. The van der Waals surface area contributed by atoms with E-state index < -0.39 is 0 Å². The van der Waals surface area contributed by atoms with Crippen LogP contribution in [0, 0.1) is 16.4 Å². The van der Waals surface area contributed by atoms with Gasteiger partial charge >= 0.3 is 0 Å². The van der Waals surface area contributed by atoms with Gasteiger partial charge in [0.05, 0.1) is 0 Å². The van der Waals surface area contributed by atoms with E-state index in [4.69, 9.17) is 16.6 Å². The lowest BCUT2D eigenvalue weighted by atomic mass is 9.76. The van der Waals surface area contributed by atoms with Crippen LogP contribution in [-0.2, 0) is 6.42 Å². The molecule has 1 aliphatic rings. The predicted molar refractivity (Wildman–Crippen MR) is 164 cm³/mol. The topological polar surface area (TPSA) is 13.1 Å². The zero-order valence-electron chi connectivity index (χ0n) is 24.0. The maximum atomic E-state index is 15.4. The van der Waals surface area contributed by atoms with Crippen molar-refractivity contribution in [1.29, 1.82) is 0 Å². The van der Waals surface area contributed by atoms with Crippen molar-refractivity contribution in [1.82, 2.24) is 0 Å². The fourth-order valence-electron chi connectivity index (χ4n) is 6.56. The highest BCUT2D eigenvalue weighted by atomic mass is 32.1. The average molecular weight is 537 g/mol. The lowest BCUT2D eigenvalue weighted by molar-refractivity contribution is 0.302. The van der Waals surface area contributed by atoms with Crippen LogP contribution in [0.15, 0.2) is 34.7 Å². The molecule has 1 heterocycles. The quantitative estimate of drug-likeness (QED) is 0.109. The molecule has 0 bridgehead atoms. The third-order valence-corrected chi connectivity index (χ3v) is 9.31. The number of rotatable bonds is 15. The van der Waals surface area contributed by atoms with Crippen LogP contribution in [0.2, 0.25) is 0 Å². The summed E-state index contributed by atoms with van der Waals surface area (Å²) in [4.78, 5) is 0. The molecule has 2 aromatic carbocycles. The number of hydrogen-bond acceptors (Lipinski definition) is 2. The van der Waals surface area contributed by atoms with Gasteiger partial charge in [0.15, 0.2) is 16.1 Å². The van der Waals surface area contributed by atoms with Crippen LogP contribution in [0.25, 0.3) is 21.7 Å². The molecule has 3 heteroatoms. The number of benzene rings is 2. The van der Waals surface area contributed by atoms with E-state index in [0.29, 0.717) is 16.2 Å². The molecule has 0 aliphatic heterocycles. The Morgan fingerprint density at radius 1 is 0.737 bits per heavy atom. The Labute approximate surface area is 235 Å². The summed E-state index contributed by atoms with van der Waals surface area (Å²) >= 11 is 5.66. The van der Waals surface area contributed by atoms with Crippen LogP contribution in [0.1, 0.15) is 140 Å². The minimum absolute atomic E-state index is 0.227. The maximum Gasteiger partial charge on any atom is 0.198 e. The maximum absolute atomic E-state index is 15.4. The first-order valence-corrected chi connectivity index (χ1v) is 16.2. The number of aryl methyl sites for hydroxylation is 1. The molecule has 4 rings (SSSR count). The molecule has 0 amide bonds. The summed E-state index contributed by atoms with van der Waals surface area (Å²) in [5.74, 6) is 1.27. The zero-order valence-corrected chi connectivity index (χ0v) is 24.8. The van der Waals surface area contributed by atoms with Crippen molar-refractivity contribution in [3.05, 3.63) is 52.0 Å². The second kappa shape index (κ2) is 15.2. The summed E-state index contributed by atoms with van der Waals surface area (Å²) in [6.07, 6.45) is 23.0. The van der Waals surface area contributed by atoms with Crippen molar-refractivity contribution < 1.29 is 8.81 Å². The highest BCUT2D eigenvalue weighted by Gasteiger charge is 2.23. The van der Waals surface area contributed by atoms with Crippen LogP contribution in [0.5, 0.6) is 0 Å². The second-order valence-corrected chi connectivity index (χ2v) is 12.3. The predicted octanol–water partition coefficient (Wildman–Crippen LogP) is 12.4. The van der Waals surface area contributed by atoms with Gasteiger partial charge < -0.3 is 4.42 Å². The highest BCUT2D eigenvalue weighted by molar-refractivity contribution is 7.71. The molecule has 0 saturated heterocycles. The largest absolute Gasteiger partial charge is 0.441 e. The molecule has 208 valence electrons. The van der Waals surface area contributed by atoms with Crippen LogP contribution >= 0.6 is 12.2 Å². The van der Waals surface area contributed by atoms with Crippen molar-refractivity contribution in [2.24, 2.45) is 5.92 Å². The van der Waals surface area contributed by atoms with Gasteiger partial charge in [-0.15, -0.1) is 0 Å². The Bertz CT molecular complexity index is 1200. The van der Waals surface area contributed by atoms with Gasteiger partial charge in [-0.2, -0.15) is 0 Å². The van der Waals surface area contributed by atoms with E-state index in [1.54, 1.807) is 0 Å². The van der Waals surface area contributed by atoms with E-state index in [-0.39, 0.29) is 5.82 Å². The van der Waals surface area contributed by atoms with Gasteiger partial charge in [0.25, 0.3) is 0 Å². The summed E-state index contributed by atoms with van der Waals surface area (Å²) < 4.78 is 21.8. The molecule has 1 fully saturated rings. The highest BCUT2D eigenvalue weighted by Crippen LogP contribution is 2.40. The number of halogens is 1. The Morgan fingerprint density at radius 2 is 1.37 bits per heavy atom. The van der Waals surface area contributed by atoms with Crippen LogP contribution < -0.4 is 0 Å². The van der Waals surface area contributed by atoms with Crippen molar-refractivity contribution in [2.45, 2.75) is 135 Å². The van der Waals surface area contributed by atoms with Gasteiger partial charge in [0.1, 0.15) is 0 Å². The smallest absolute Gasteiger partial charge is 0.198 e. The molecule has 0 radical (unpaired) electrons. The molecule has 38 heavy (non-hydrogen) atoms. The molecular formula is C35H49FOS. The van der Waals surface area contributed by atoms with Crippen molar-refractivity contribution in [2.75, 3.05) is 0 Å². The summed E-state index contributed by atoms with van der Waals surface area (Å²) in [5, 5.41) is 2.81. The van der Waals surface area contributed by atoms with E-state index >= 15 is 4.39 Å². The number of hydrogen-bond donors (Lipinski definition) is 0. The molecule has 0 atom stereocenters. The number of fused-ring (bicyclic) bond motifs is 3. The van der Waals surface area contributed by atoms with Crippen molar-refractivity contribution in [3.63, 3.8) is 0 Å². The molecule has 1 nitrogen and oxygen atoms in total. The van der Waals surface area contributed by atoms with E-state index in [2.05, 4.69) is 32.0 Å². The Hall–Kier alpha value is -1.74. The molecule has 0 spiro atoms. The van der Waals surface area contributed by atoms with Crippen LogP contribution in [0.3, 0.4) is 0 Å². The van der Waals surface area contributed by atoms with Gasteiger partial charge in [-0.25, -0.2) is 4.39 Å². The Kier molecular flexibility index (Phi) is 11.7. The molecular weight excluding hydrogens is 487 g/mol. The monoisotopic (exact) mass is 536 g/mol. The molecule has 0 unspecified atom stereocenters. The van der Waals surface area contributed by atoms with Gasteiger partial charge in [0.2, 0.25) is 0 Å². The van der Waals surface area contributed by atoms with E-state index in [1.165, 1.54) is 102 Å². The van der Waals surface area contributed by atoms with Gasteiger partial charge in [-0.1, -0.05) is 115 Å². The summed E-state index contributed by atoms with van der Waals surface area (Å²) in [6.45, 7) is 4.50. The van der Waals surface area contributed by atoms with E-state index in [0.717, 1.165) is 46.9 Å². The summed E-state index contributed by atoms with van der Waals surface area (Å²) in [6, 6.07) is 10.6. The fourth-order valence-corrected chi connectivity index (χ4v) is 6.81. The van der Waals surface area contributed by atoms with Crippen LogP contribution in [-0.4, -0.2) is 0 Å². The van der Waals surface area contributed by atoms with E-state index in [1.807, 2.05) is 12.1 Å². The van der Waals surface area contributed by atoms with Crippen LogP contribution in [0.4, 0.5) is 4.39 Å². The molecule has 1 saturated carbocycles. The first-order valence-electron chi connectivity index (χ1n) is 15.8. The third-order valence-electron chi connectivity index (χ3n) is 9.01. The SMILES string of the molecule is CCCCCCCCCC1CCC(c2ccc3c(c2)c(=S)oc2c(F)c(CCCCCCC)ccc23)CC1. The van der Waals surface area contributed by atoms with Gasteiger partial charge in [0, 0.05) is 10.8 Å². The lowest BCUT2D eigenvalue weighted by Gasteiger charge is -2.29. The summed E-state index contributed by atoms with van der Waals surface area (Å²) in [7, 11) is 0. The van der Waals surface area contributed by atoms with Gasteiger partial charge in [-0.3, -0.25) is 0 Å². The minimum Gasteiger partial charge on any atom is -0.441 e. The molecule has 0 N–H and O–H groups in total. The fraction of sp³-hybridized carbons (Fsp3) is 0.629. The average Bonchev–Trinajstić information content (AvgIpc) is 2.94. The third kappa shape index (κ3) is 7.68. The molecule has 1 aromatic heterocycles. The van der Waals surface area contributed by atoms with E-state index in [9.17, 15) is 0 Å². The first kappa shape index (κ1) is 29.2. The lowest BCUT2D eigenvalue weighted by Crippen LogP contribution is -2.13. The zero-order chi connectivity index (χ0) is 26.7. The molecule has 1 aliphatic carbocycles. The van der Waals surface area contributed by atoms with Crippen molar-refractivity contribution >= 4 is 34.0 Å². The molecule has 3 aromatic rings. The summed E-state index contributed by atoms with van der Waals surface area (Å²) in [5.41, 5.74) is 2.44. The first-order chi connectivity index (χ1) is 18.6. The standard InChI is InChI=1S/C35H49FOS/c1-3-5-7-9-10-12-13-15-26-17-19-27(20-18-26)29-22-23-30-31-24-21-28(16-14-11-8-6-4-2)33(36)34(31)37-35(38)32(30)25-29/h21-27H,3-20H2,1-2H3.